The highest BCUT2D eigenvalue weighted by molar-refractivity contribution is 5.92. The number of rotatable bonds is 2. The lowest BCUT2D eigenvalue weighted by atomic mass is 9.76. The van der Waals surface area contributed by atoms with Crippen molar-refractivity contribution in [3.63, 3.8) is 0 Å². The maximum absolute atomic E-state index is 12.7. The lowest BCUT2D eigenvalue weighted by Gasteiger charge is -2.47. The number of carbonyl (C=O) groups is 1. The molecule has 0 spiro atoms. The molecule has 2 fully saturated rings. The molecule has 1 amide bonds. The van der Waals surface area contributed by atoms with Crippen molar-refractivity contribution >= 4 is 12.0 Å². The maximum atomic E-state index is 12.7. The molecule has 0 unspecified atom stereocenters. The molecule has 0 N–H and O–H groups in total. The Labute approximate surface area is 127 Å². The van der Waals surface area contributed by atoms with Crippen molar-refractivity contribution in [2.24, 2.45) is 5.92 Å². The summed E-state index contributed by atoms with van der Waals surface area (Å²) in [5.74, 6) is 0.937. The van der Waals surface area contributed by atoms with E-state index in [9.17, 15) is 4.79 Å². The van der Waals surface area contributed by atoms with E-state index < -0.39 is 0 Å². The summed E-state index contributed by atoms with van der Waals surface area (Å²) in [6.45, 7) is 2.21. The number of fused-ring (bicyclic) bond motifs is 1. The Morgan fingerprint density at radius 1 is 1.10 bits per heavy atom. The Morgan fingerprint density at radius 2 is 1.86 bits per heavy atom. The molecule has 0 bridgehead atoms. The number of carbonyl (C=O) groups excluding carboxylic acids is 1. The van der Waals surface area contributed by atoms with Crippen molar-refractivity contribution in [3.05, 3.63) is 42.0 Å². The first-order chi connectivity index (χ1) is 10.3. The normalized spacial score (nSPS) is 29.4. The Morgan fingerprint density at radius 3 is 2.67 bits per heavy atom. The van der Waals surface area contributed by atoms with Gasteiger partial charge in [0.1, 0.15) is 0 Å². The van der Waals surface area contributed by atoms with Gasteiger partial charge in [-0.3, -0.25) is 4.79 Å². The van der Waals surface area contributed by atoms with Crippen LogP contribution in [-0.4, -0.2) is 22.9 Å². The minimum absolute atomic E-state index is 0.197. The van der Waals surface area contributed by atoms with E-state index in [4.69, 9.17) is 0 Å². The van der Waals surface area contributed by atoms with Gasteiger partial charge in [0.2, 0.25) is 5.91 Å². The fourth-order valence-electron chi connectivity index (χ4n) is 4.01. The largest absolute Gasteiger partial charge is 0.333 e. The Hall–Kier alpha value is -1.57. The van der Waals surface area contributed by atoms with Gasteiger partial charge in [0.25, 0.3) is 0 Å². The first-order valence-corrected chi connectivity index (χ1v) is 8.31. The van der Waals surface area contributed by atoms with Crippen LogP contribution in [0.25, 0.3) is 6.08 Å². The van der Waals surface area contributed by atoms with Gasteiger partial charge in [-0.2, -0.15) is 0 Å². The van der Waals surface area contributed by atoms with Crippen molar-refractivity contribution in [1.82, 2.24) is 4.90 Å². The molecule has 2 aliphatic rings. The third-order valence-electron chi connectivity index (χ3n) is 5.13. The molecule has 3 atom stereocenters. The zero-order valence-electron chi connectivity index (χ0n) is 12.9. The second kappa shape index (κ2) is 6.46. The zero-order chi connectivity index (χ0) is 14.7. The molecule has 0 radical (unpaired) electrons. The SMILES string of the molecule is C[C@H]1CC[C@H]2CCCC[C@@H]2N1C(=O)/C=C/c1ccccc1. The fraction of sp³-hybridized carbons (Fsp3) is 0.526. The third-order valence-corrected chi connectivity index (χ3v) is 5.13. The molecule has 3 rings (SSSR count). The van der Waals surface area contributed by atoms with Crippen LogP contribution >= 0.6 is 0 Å². The van der Waals surface area contributed by atoms with Crippen molar-refractivity contribution in [2.45, 2.75) is 57.5 Å². The highest BCUT2D eigenvalue weighted by Gasteiger charge is 2.38. The van der Waals surface area contributed by atoms with Crippen molar-refractivity contribution < 1.29 is 4.79 Å². The van der Waals surface area contributed by atoms with Gasteiger partial charge in [-0.05, 0) is 50.2 Å². The maximum Gasteiger partial charge on any atom is 0.247 e. The number of likely N-dealkylation sites (tertiary alicyclic amines) is 1. The summed E-state index contributed by atoms with van der Waals surface area (Å²) in [4.78, 5) is 14.8. The monoisotopic (exact) mass is 283 g/mol. The van der Waals surface area contributed by atoms with E-state index in [2.05, 4.69) is 11.8 Å². The molecule has 112 valence electrons. The number of piperidine rings is 1. The number of hydrogen-bond donors (Lipinski definition) is 0. The van der Waals surface area contributed by atoms with Crippen LogP contribution in [0.2, 0.25) is 0 Å². The van der Waals surface area contributed by atoms with E-state index in [1.807, 2.05) is 36.4 Å². The first-order valence-electron chi connectivity index (χ1n) is 8.31. The summed E-state index contributed by atoms with van der Waals surface area (Å²) in [5, 5.41) is 0. The van der Waals surface area contributed by atoms with E-state index in [-0.39, 0.29) is 5.91 Å². The lowest BCUT2D eigenvalue weighted by molar-refractivity contribution is -0.135. The molecule has 1 aromatic rings. The van der Waals surface area contributed by atoms with E-state index in [0.29, 0.717) is 12.1 Å². The van der Waals surface area contributed by atoms with Crippen LogP contribution in [0.1, 0.15) is 51.0 Å². The molecule has 1 saturated carbocycles. The van der Waals surface area contributed by atoms with Gasteiger partial charge in [-0.25, -0.2) is 0 Å². The summed E-state index contributed by atoms with van der Waals surface area (Å²) in [5.41, 5.74) is 1.09. The molecule has 1 aliphatic heterocycles. The molecule has 2 nitrogen and oxygen atoms in total. The molecule has 21 heavy (non-hydrogen) atoms. The molecular weight excluding hydrogens is 258 g/mol. The number of hydrogen-bond acceptors (Lipinski definition) is 1. The van der Waals surface area contributed by atoms with Crippen LogP contribution < -0.4 is 0 Å². The topological polar surface area (TPSA) is 20.3 Å². The van der Waals surface area contributed by atoms with Gasteiger partial charge < -0.3 is 4.90 Å². The van der Waals surface area contributed by atoms with E-state index >= 15 is 0 Å². The molecule has 1 heterocycles. The van der Waals surface area contributed by atoms with Crippen LogP contribution in [0.4, 0.5) is 0 Å². The highest BCUT2D eigenvalue weighted by atomic mass is 16.2. The molecule has 2 heteroatoms. The standard InChI is InChI=1S/C19H25NO/c1-15-11-13-17-9-5-6-10-18(17)20(15)19(21)14-12-16-7-3-2-4-8-16/h2-4,7-8,12,14-15,17-18H,5-6,9-11,13H2,1H3/b14-12+/t15-,17+,18-/m0/s1. The predicted molar refractivity (Wildman–Crippen MR) is 86.8 cm³/mol. The van der Waals surface area contributed by atoms with Gasteiger partial charge >= 0.3 is 0 Å². The Bertz CT molecular complexity index is 508. The van der Waals surface area contributed by atoms with E-state index in [0.717, 1.165) is 17.9 Å². The van der Waals surface area contributed by atoms with Gasteiger partial charge in [0, 0.05) is 18.2 Å². The van der Waals surface area contributed by atoms with Crippen LogP contribution in [0.15, 0.2) is 36.4 Å². The lowest BCUT2D eigenvalue weighted by Crippen LogP contribution is -2.53. The van der Waals surface area contributed by atoms with Crippen LogP contribution in [0.5, 0.6) is 0 Å². The Kier molecular flexibility index (Phi) is 4.42. The van der Waals surface area contributed by atoms with E-state index in [1.54, 1.807) is 6.08 Å². The summed E-state index contributed by atoms with van der Waals surface area (Å²) >= 11 is 0. The first kappa shape index (κ1) is 14.4. The van der Waals surface area contributed by atoms with Gasteiger partial charge in [-0.1, -0.05) is 43.2 Å². The molecule has 1 saturated heterocycles. The van der Waals surface area contributed by atoms with Crippen LogP contribution in [0, 0.1) is 5.92 Å². The predicted octanol–water partition coefficient (Wildman–Crippen LogP) is 4.27. The number of benzene rings is 1. The number of nitrogens with zero attached hydrogens (tertiary/aromatic N) is 1. The van der Waals surface area contributed by atoms with Crippen molar-refractivity contribution in [3.8, 4) is 0 Å². The molecule has 1 aliphatic carbocycles. The van der Waals surface area contributed by atoms with Crippen molar-refractivity contribution in [1.29, 1.82) is 0 Å². The molecule has 0 aromatic heterocycles. The van der Waals surface area contributed by atoms with Crippen molar-refractivity contribution in [2.75, 3.05) is 0 Å². The third kappa shape index (κ3) is 3.20. The second-order valence-electron chi connectivity index (χ2n) is 6.53. The van der Waals surface area contributed by atoms with Gasteiger partial charge in [0.05, 0.1) is 0 Å². The highest BCUT2D eigenvalue weighted by Crippen LogP contribution is 2.37. The molecule has 1 aromatic carbocycles. The zero-order valence-corrected chi connectivity index (χ0v) is 12.9. The fourth-order valence-corrected chi connectivity index (χ4v) is 4.01. The minimum atomic E-state index is 0.197. The van der Waals surface area contributed by atoms with Gasteiger partial charge in [0.15, 0.2) is 0 Å². The summed E-state index contributed by atoms with van der Waals surface area (Å²) in [7, 11) is 0. The smallest absolute Gasteiger partial charge is 0.247 e. The minimum Gasteiger partial charge on any atom is -0.333 e. The molecular formula is C19H25NO. The quantitative estimate of drug-likeness (QED) is 0.742. The summed E-state index contributed by atoms with van der Waals surface area (Å²) in [6, 6.07) is 10.9. The average molecular weight is 283 g/mol. The average Bonchev–Trinajstić information content (AvgIpc) is 2.53. The van der Waals surface area contributed by atoms with Gasteiger partial charge in [-0.15, -0.1) is 0 Å². The Balaban J connectivity index is 1.73. The van der Waals surface area contributed by atoms with Crippen LogP contribution in [-0.2, 0) is 4.79 Å². The van der Waals surface area contributed by atoms with E-state index in [1.165, 1.54) is 32.1 Å². The summed E-state index contributed by atoms with van der Waals surface area (Å²) in [6.07, 6.45) is 11.3. The van der Waals surface area contributed by atoms with Crippen LogP contribution in [0.3, 0.4) is 0 Å². The second-order valence-corrected chi connectivity index (χ2v) is 6.53. The number of amides is 1. The summed E-state index contributed by atoms with van der Waals surface area (Å²) < 4.78 is 0.